The van der Waals surface area contributed by atoms with Crippen molar-refractivity contribution in [2.75, 3.05) is 0 Å². The van der Waals surface area contributed by atoms with Crippen LogP contribution < -0.4 is 25.3 Å². The van der Waals surface area contributed by atoms with Crippen LogP contribution >= 0.6 is 0 Å². The molecule has 1 aromatic heterocycles. The van der Waals surface area contributed by atoms with E-state index >= 15 is 0 Å². The van der Waals surface area contributed by atoms with Crippen molar-refractivity contribution in [2.24, 2.45) is 9.98 Å². The van der Waals surface area contributed by atoms with Gasteiger partial charge in [-0.2, -0.15) is 8.42 Å². The normalized spacial score (nSPS) is 17.7. The number of carboxylic acid groups (broad SMARTS) is 1. The minimum atomic E-state index is -4.08. The molecule has 1 aliphatic rings. The van der Waals surface area contributed by atoms with Gasteiger partial charge in [-0.3, -0.25) is 0 Å². The Hall–Kier alpha value is -3.73. The van der Waals surface area contributed by atoms with Crippen LogP contribution in [-0.4, -0.2) is 29.8 Å². The van der Waals surface area contributed by atoms with E-state index in [0.29, 0.717) is 10.7 Å². The van der Waals surface area contributed by atoms with Gasteiger partial charge in [0.05, 0.1) is 17.0 Å². The zero-order valence-corrected chi connectivity index (χ0v) is 15.8. The Morgan fingerprint density at radius 1 is 1.14 bits per heavy atom. The summed E-state index contributed by atoms with van der Waals surface area (Å²) in [6, 6.07) is 10.4. The molecule has 0 aliphatic carbocycles. The first-order valence-electron chi connectivity index (χ1n) is 8.36. The van der Waals surface area contributed by atoms with Gasteiger partial charge in [0.15, 0.2) is 0 Å². The lowest BCUT2D eigenvalue weighted by molar-refractivity contribution is -0.252. The van der Waals surface area contributed by atoms with Crippen LogP contribution in [0.4, 0.5) is 4.79 Å². The molecule has 0 saturated carbocycles. The number of hydrogen-bond donors (Lipinski definition) is 1. The molecule has 1 unspecified atom stereocenters. The Labute approximate surface area is 165 Å². The second kappa shape index (κ2) is 6.71. The largest absolute Gasteiger partial charge is 0.530 e. The van der Waals surface area contributed by atoms with Crippen molar-refractivity contribution in [2.45, 2.75) is 17.6 Å². The van der Waals surface area contributed by atoms with E-state index in [4.69, 9.17) is 4.18 Å². The molecule has 4 rings (SSSR count). The summed E-state index contributed by atoms with van der Waals surface area (Å²) < 4.78 is 32.1. The van der Waals surface area contributed by atoms with Crippen molar-refractivity contribution in [3.05, 3.63) is 71.9 Å². The van der Waals surface area contributed by atoms with Crippen LogP contribution in [0.25, 0.3) is 5.69 Å². The van der Waals surface area contributed by atoms with Crippen molar-refractivity contribution in [1.29, 1.82) is 0 Å². The second-order valence-electron chi connectivity index (χ2n) is 6.31. The maximum Gasteiger partial charge on any atom is 0.339 e. The summed E-state index contributed by atoms with van der Waals surface area (Å²) in [5.41, 5.74) is 0.749. The molecule has 3 aromatic rings. The summed E-state index contributed by atoms with van der Waals surface area (Å²) in [6.45, 7) is 1.45. The molecular weight excluding hydrogens is 398 g/mol. The van der Waals surface area contributed by atoms with Gasteiger partial charge in [0.25, 0.3) is 0 Å². The summed E-state index contributed by atoms with van der Waals surface area (Å²) in [4.78, 5) is 23.0. The number of fused-ring (bicyclic) bond motifs is 1. The molecular formula is C18H14N5O5S-. The highest BCUT2D eigenvalue weighted by atomic mass is 32.2. The Balaban J connectivity index is 1.59. The SMILES string of the molecule is CC1(NC(=O)[O-])N=c2ccc(OS(=O)(=O)c3ccc(-n4ccnc4)cc3)cc2=N1. The van der Waals surface area contributed by atoms with E-state index in [0.717, 1.165) is 5.69 Å². The number of amides is 1. The summed E-state index contributed by atoms with van der Waals surface area (Å²) in [6.07, 6.45) is 3.43. The lowest BCUT2D eigenvalue weighted by Gasteiger charge is -2.20. The number of carbonyl (C=O) groups is 1. The lowest BCUT2D eigenvalue weighted by atomic mass is 10.3. The van der Waals surface area contributed by atoms with Gasteiger partial charge in [-0.1, -0.05) is 0 Å². The standard InChI is InChI=1S/C18H15N5O5S/c1-18(22-17(24)25)20-15-7-4-13(10-16(15)21-18)28-29(26,27)14-5-2-12(3-6-14)23-9-8-19-11-23/h2-11,22H,1H3,(H,24,25)/p-1. The summed E-state index contributed by atoms with van der Waals surface area (Å²) in [7, 11) is -4.08. The highest BCUT2D eigenvalue weighted by Gasteiger charge is 2.25. The molecule has 0 fully saturated rings. The van der Waals surface area contributed by atoms with E-state index in [9.17, 15) is 18.3 Å². The third-order valence-corrected chi connectivity index (χ3v) is 5.36. The van der Waals surface area contributed by atoms with Crippen molar-refractivity contribution in [1.82, 2.24) is 14.9 Å². The molecule has 0 saturated heterocycles. The Bertz CT molecular complexity index is 1300. The van der Waals surface area contributed by atoms with Gasteiger partial charge >= 0.3 is 10.1 Å². The number of hydrogen-bond acceptors (Lipinski definition) is 8. The molecule has 2 aromatic carbocycles. The van der Waals surface area contributed by atoms with Crippen molar-refractivity contribution in [3.63, 3.8) is 0 Å². The molecule has 10 nitrogen and oxygen atoms in total. The maximum absolute atomic E-state index is 12.6. The number of nitrogens with zero attached hydrogens (tertiary/aromatic N) is 4. The third kappa shape index (κ3) is 3.80. The first-order chi connectivity index (χ1) is 13.7. The summed E-state index contributed by atoms with van der Waals surface area (Å²) >= 11 is 0. The average molecular weight is 412 g/mol. The van der Waals surface area contributed by atoms with Gasteiger partial charge in [-0.25, -0.2) is 15.0 Å². The number of rotatable bonds is 5. The van der Waals surface area contributed by atoms with Crippen LogP contribution in [0, 0.1) is 0 Å². The number of nitrogens with one attached hydrogen (secondary N) is 1. The number of aromatic nitrogens is 2. The molecule has 1 amide bonds. The van der Waals surface area contributed by atoms with Gasteiger partial charge in [0, 0.05) is 31.1 Å². The smallest absolute Gasteiger partial charge is 0.339 e. The summed E-state index contributed by atoms with van der Waals surface area (Å²) in [5, 5.41) is 13.5. The fourth-order valence-corrected chi connectivity index (χ4v) is 3.78. The van der Waals surface area contributed by atoms with E-state index < -0.39 is 22.0 Å². The second-order valence-corrected chi connectivity index (χ2v) is 7.86. The molecule has 0 bridgehead atoms. The zero-order chi connectivity index (χ0) is 20.6. The molecule has 1 N–H and O–H groups in total. The molecule has 0 radical (unpaired) electrons. The fourth-order valence-electron chi connectivity index (χ4n) is 2.85. The molecule has 1 aliphatic heterocycles. The van der Waals surface area contributed by atoms with Gasteiger partial charge in [0.2, 0.25) is 5.79 Å². The zero-order valence-electron chi connectivity index (χ0n) is 15.0. The molecule has 2 heterocycles. The average Bonchev–Trinajstić information content (AvgIpc) is 3.27. The van der Waals surface area contributed by atoms with Gasteiger partial charge in [0.1, 0.15) is 16.7 Å². The van der Waals surface area contributed by atoms with Crippen molar-refractivity contribution < 1.29 is 22.5 Å². The maximum atomic E-state index is 12.6. The molecule has 29 heavy (non-hydrogen) atoms. The van der Waals surface area contributed by atoms with E-state index in [-0.39, 0.29) is 10.6 Å². The molecule has 11 heteroatoms. The van der Waals surface area contributed by atoms with E-state index in [2.05, 4.69) is 20.3 Å². The molecule has 148 valence electrons. The van der Waals surface area contributed by atoms with Gasteiger partial charge in [-0.05, 0) is 36.4 Å². The molecule has 0 spiro atoms. The minimum absolute atomic E-state index is 0.0213. The number of carbonyl (C=O) groups excluding carboxylic acids is 1. The number of benzene rings is 2. The van der Waals surface area contributed by atoms with Crippen LogP contribution in [0.5, 0.6) is 5.75 Å². The van der Waals surface area contributed by atoms with E-state index in [1.54, 1.807) is 35.4 Å². The quantitative estimate of drug-likeness (QED) is 0.561. The Kier molecular flexibility index (Phi) is 4.31. The highest BCUT2D eigenvalue weighted by molar-refractivity contribution is 7.87. The Morgan fingerprint density at radius 2 is 1.86 bits per heavy atom. The number of imidazole rings is 1. The van der Waals surface area contributed by atoms with Gasteiger partial charge < -0.3 is 24.0 Å². The minimum Gasteiger partial charge on any atom is -0.530 e. The predicted molar refractivity (Wildman–Crippen MR) is 97.1 cm³/mol. The summed E-state index contributed by atoms with van der Waals surface area (Å²) in [5.74, 6) is -1.40. The van der Waals surface area contributed by atoms with Crippen LogP contribution in [0.2, 0.25) is 0 Å². The van der Waals surface area contributed by atoms with Crippen LogP contribution in [0.3, 0.4) is 0 Å². The first-order valence-corrected chi connectivity index (χ1v) is 9.77. The lowest BCUT2D eigenvalue weighted by Crippen LogP contribution is -2.48. The van der Waals surface area contributed by atoms with Crippen LogP contribution in [-0.2, 0) is 10.1 Å². The van der Waals surface area contributed by atoms with Gasteiger partial charge in [-0.15, -0.1) is 0 Å². The van der Waals surface area contributed by atoms with E-state index in [1.165, 1.54) is 37.3 Å². The third-order valence-electron chi connectivity index (χ3n) is 4.10. The fraction of sp³-hybridized carbons (Fsp3) is 0.111. The van der Waals surface area contributed by atoms with Crippen LogP contribution in [0.15, 0.2) is 76.1 Å². The Morgan fingerprint density at radius 3 is 2.52 bits per heavy atom. The topological polar surface area (TPSA) is 138 Å². The van der Waals surface area contributed by atoms with Crippen molar-refractivity contribution in [3.8, 4) is 11.4 Å². The first kappa shape index (κ1) is 18.6. The highest BCUT2D eigenvalue weighted by Crippen LogP contribution is 2.19. The van der Waals surface area contributed by atoms with Crippen molar-refractivity contribution >= 4 is 16.2 Å². The van der Waals surface area contributed by atoms with Crippen LogP contribution in [0.1, 0.15) is 6.92 Å². The monoisotopic (exact) mass is 412 g/mol. The van der Waals surface area contributed by atoms with E-state index in [1.807, 2.05) is 0 Å². The molecule has 1 atom stereocenters. The predicted octanol–water partition coefficient (Wildman–Crippen LogP) is -0.501.